The molecule has 0 bridgehead atoms. The van der Waals surface area contributed by atoms with Crippen LogP contribution in [-0.2, 0) is 4.79 Å². The van der Waals surface area contributed by atoms with Crippen molar-refractivity contribution in [3.8, 4) is 0 Å². The number of nitrogens with zero attached hydrogens (tertiary/aromatic N) is 3. The van der Waals surface area contributed by atoms with E-state index < -0.39 is 0 Å². The highest BCUT2D eigenvalue weighted by atomic mass is 32.2. The number of benzene rings is 2. The molecule has 4 nitrogen and oxygen atoms in total. The Bertz CT molecular complexity index is 1010. The summed E-state index contributed by atoms with van der Waals surface area (Å²) in [5.74, 6) is -0.0771. The number of para-hydroxylation sites is 1. The van der Waals surface area contributed by atoms with Gasteiger partial charge in [0.1, 0.15) is 5.70 Å². The van der Waals surface area contributed by atoms with Gasteiger partial charge in [-0.05, 0) is 42.9 Å². The first-order valence-corrected chi connectivity index (χ1v) is 10.4. The van der Waals surface area contributed by atoms with E-state index in [4.69, 9.17) is 12.2 Å². The molecule has 2 aromatic rings. The first kappa shape index (κ1) is 18.8. The van der Waals surface area contributed by atoms with Crippen LogP contribution in [0.4, 0.5) is 5.69 Å². The van der Waals surface area contributed by atoms with Gasteiger partial charge in [0.15, 0.2) is 5.11 Å². The highest BCUT2D eigenvalue weighted by Crippen LogP contribution is 2.46. The van der Waals surface area contributed by atoms with E-state index in [0.29, 0.717) is 10.8 Å². The van der Waals surface area contributed by atoms with Crippen molar-refractivity contribution in [3.05, 3.63) is 77.0 Å². The molecular formula is C22H21N3OS2. The standard InChI is InChI=1S/C22H21N3OS2/c1-4-25-17-12-8-9-13-18(17)28-19(25)14-16(15-10-6-5-7-11-15)20-21(26)24(3)22(27)23(20)2/h5-14H,4H2,1-3H3/b19-14+,20-16+. The van der Waals surface area contributed by atoms with Crippen LogP contribution in [0.3, 0.4) is 0 Å². The summed E-state index contributed by atoms with van der Waals surface area (Å²) < 4.78 is 0. The van der Waals surface area contributed by atoms with Crippen LogP contribution in [0.2, 0.25) is 0 Å². The van der Waals surface area contributed by atoms with E-state index >= 15 is 0 Å². The second kappa shape index (κ2) is 7.45. The third-order valence-electron chi connectivity index (χ3n) is 4.98. The Morgan fingerprint density at radius 2 is 1.71 bits per heavy atom. The third-order valence-corrected chi connectivity index (χ3v) is 6.64. The summed E-state index contributed by atoms with van der Waals surface area (Å²) in [6.07, 6.45) is 2.12. The molecule has 2 aromatic carbocycles. The largest absolute Gasteiger partial charge is 0.335 e. The van der Waals surface area contributed by atoms with Crippen LogP contribution in [0.1, 0.15) is 12.5 Å². The molecule has 6 heteroatoms. The lowest BCUT2D eigenvalue weighted by atomic mass is 10.0. The summed E-state index contributed by atoms with van der Waals surface area (Å²) in [5.41, 5.74) is 3.70. The van der Waals surface area contributed by atoms with E-state index in [1.54, 1.807) is 23.7 Å². The summed E-state index contributed by atoms with van der Waals surface area (Å²) in [6, 6.07) is 18.4. The molecule has 0 radical (unpaired) electrons. The number of carbonyl (C=O) groups excluding carboxylic acids is 1. The topological polar surface area (TPSA) is 26.8 Å². The zero-order valence-electron chi connectivity index (χ0n) is 16.0. The maximum absolute atomic E-state index is 13.0. The van der Waals surface area contributed by atoms with Crippen molar-refractivity contribution in [3.63, 3.8) is 0 Å². The Morgan fingerprint density at radius 1 is 1.04 bits per heavy atom. The molecule has 28 heavy (non-hydrogen) atoms. The van der Waals surface area contributed by atoms with E-state index in [9.17, 15) is 4.79 Å². The van der Waals surface area contributed by atoms with Crippen LogP contribution in [-0.4, -0.2) is 41.5 Å². The number of thioether (sulfide) groups is 1. The van der Waals surface area contributed by atoms with Crippen LogP contribution < -0.4 is 4.90 Å². The van der Waals surface area contributed by atoms with Gasteiger partial charge in [0.25, 0.3) is 5.91 Å². The van der Waals surface area contributed by atoms with Gasteiger partial charge >= 0.3 is 0 Å². The molecule has 0 spiro atoms. The van der Waals surface area contributed by atoms with Crippen molar-refractivity contribution in [2.75, 3.05) is 25.5 Å². The fourth-order valence-corrected chi connectivity index (χ4v) is 4.87. The third kappa shape index (κ3) is 3.02. The number of rotatable bonds is 3. The predicted octanol–water partition coefficient (Wildman–Crippen LogP) is 4.56. The minimum absolute atomic E-state index is 0.0771. The van der Waals surface area contributed by atoms with E-state index in [2.05, 4.69) is 42.2 Å². The van der Waals surface area contributed by atoms with Gasteiger partial charge in [-0.25, -0.2) is 0 Å². The van der Waals surface area contributed by atoms with E-state index in [0.717, 1.165) is 22.7 Å². The van der Waals surface area contributed by atoms with E-state index in [1.807, 2.05) is 37.4 Å². The molecule has 2 aliphatic rings. The number of fused-ring (bicyclic) bond motifs is 1. The lowest BCUT2D eigenvalue weighted by Gasteiger charge is -2.20. The molecule has 1 saturated heterocycles. The maximum atomic E-state index is 13.0. The number of hydrogen-bond donors (Lipinski definition) is 0. The number of carbonyl (C=O) groups is 1. The SMILES string of the molecule is CCN1/C(=C\C(=C2\C(=O)N(C)C(=S)N2C)c2ccccc2)Sc2ccccc21. The number of allylic oxidation sites excluding steroid dienone is 2. The monoisotopic (exact) mass is 407 g/mol. The quantitative estimate of drug-likeness (QED) is 0.549. The first-order valence-electron chi connectivity index (χ1n) is 9.14. The van der Waals surface area contributed by atoms with Gasteiger partial charge in [0.05, 0.1) is 10.7 Å². The molecule has 2 heterocycles. The number of thiocarbonyl (C=S) groups is 1. The summed E-state index contributed by atoms with van der Waals surface area (Å²) in [6.45, 7) is 3.00. The van der Waals surface area contributed by atoms with Crippen molar-refractivity contribution in [2.24, 2.45) is 0 Å². The Morgan fingerprint density at radius 3 is 2.36 bits per heavy atom. The molecule has 1 fully saturated rings. The van der Waals surface area contributed by atoms with Gasteiger partial charge in [0.2, 0.25) is 0 Å². The summed E-state index contributed by atoms with van der Waals surface area (Å²) in [4.78, 5) is 19.8. The molecule has 142 valence electrons. The Kier molecular flexibility index (Phi) is 5.00. The fraction of sp³-hybridized carbons (Fsp3) is 0.182. The average molecular weight is 408 g/mol. The molecule has 2 aliphatic heterocycles. The minimum Gasteiger partial charge on any atom is -0.335 e. The molecule has 0 N–H and O–H groups in total. The fourth-order valence-electron chi connectivity index (χ4n) is 3.52. The van der Waals surface area contributed by atoms with Crippen LogP contribution >= 0.6 is 24.0 Å². The summed E-state index contributed by atoms with van der Waals surface area (Å²) in [7, 11) is 3.58. The number of amides is 1. The van der Waals surface area contributed by atoms with Crippen molar-refractivity contribution in [2.45, 2.75) is 11.8 Å². The van der Waals surface area contributed by atoms with Crippen LogP contribution in [0.5, 0.6) is 0 Å². The summed E-state index contributed by atoms with van der Waals surface area (Å²) >= 11 is 7.17. The first-order chi connectivity index (χ1) is 13.5. The van der Waals surface area contributed by atoms with Crippen LogP contribution in [0.15, 0.2) is 76.3 Å². The van der Waals surface area contributed by atoms with E-state index in [-0.39, 0.29) is 5.91 Å². The Balaban J connectivity index is 1.90. The molecule has 0 aromatic heterocycles. The number of likely N-dealkylation sites (N-methyl/N-ethyl adjacent to an activating group) is 2. The molecule has 0 saturated carbocycles. The summed E-state index contributed by atoms with van der Waals surface area (Å²) in [5, 5.41) is 1.62. The molecule has 0 unspecified atom stereocenters. The van der Waals surface area contributed by atoms with E-state index in [1.165, 1.54) is 15.5 Å². The second-order valence-corrected chi connectivity index (χ2v) is 8.06. The van der Waals surface area contributed by atoms with Crippen molar-refractivity contribution < 1.29 is 4.79 Å². The van der Waals surface area contributed by atoms with Crippen molar-refractivity contribution in [1.82, 2.24) is 9.80 Å². The zero-order valence-corrected chi connectivity index (χ0v) is 17.7. The molecule has 0 atom stereocenters. The van der Waals surface area contributed by atoms with Crippen molar-refractivity contribution in [1.29, 1.82) is 0 Å². The number of anilines is 1. The van der Waals surface area contributed by atoms with Gasteiger partial charge in [-0.1, -0.05) is 54.2 Å². The average Bonchev–Trinajstić information content (AvgIpc) is 3.17. The molecule has 1 amide bonds. The van der Waals surface area contributed by atoms with Crippen LogP contribution in [0, 0.1) is 0 Å². The second-order valence-electron chi connectivity index (χ2n) is 6.63. The zero-order chi connectivity index (χ0) is 19.8. The lowest BCUT2D eigenvalue weighted by molar-refractivity contribution is -0.121. The highest BCUT2D eigenvalue weighted by molar-refractivity contribution is 8.03. The smallest absolute Gasteiger partial charge is 0.277 e. The normalized spacial score (nSPS) is 19.7. The molecule has 0 aliphatic carbocycles. The predicted molar refractivity (Wildman–Crippen MR) is 120 cm³/mol. The van der Waals surface area contributed by atoms with Gasteiger partial charge in [-0.3, -0.25) is 9.69 Å². The van der Waals surface area contributed by atoms with Gasteiger partial charge < -0.3 is 9.80 Å². The molecular weight excluding hydrogens is 386 g/mol. The Labute approximate surface area is 175 Å². The van der Waals surface area contributed by atoms with Gasteiger partial charge in [-0.15, -0.1) is 0 Å². The van der Waals surface area contributed by atoms with Gasteiger partial charge in [-0.2, -0.15) is 0 Å². The maximum Gasteiger partial charge on any atom is 0.277 e. The van der Waals surface area contributed by atoms with Crippen molar-refractivity contribution >= 4 is 46.3 Å². The van der Waals surface area contributed by atoms with Crippen LogP contribution in [0.25, 0.3) is 5.57 Å². The Hall–Kier alpha value is -2.57. The number of hydrogen-bond acceptors (Lipinski definition) is 4. The minimum atomic E-state index is -0.0771. The molecule has 4 rings (SSSR count). The van der Waals surface area contributed by atoms with Gasteiger partial charge in [0, 0.05) is 31.1 Å². The lowest BCUT2D eigenvalue weighted by Crippen LogP contribution is -2.26. The highest BCUT2D eigenvalue weighted by Gasteiger charge is 2.36.